The molecule has 2 aromatic rings. The zero-order chi connectivity index (χ0) is 19.3. The van der Waals surface area contributed by atoms with Gasteiger partial charge in [-0.05, 0) is 29.8 Å². The number of nitrogens with zero attached hydrogens (tertiary/aromatic N) is 3. The lowest BCUT2D eigenvalue weighted by molar-refractivity contribution is -0.394. The molecule has 132 valence electrons. The largest absolute Gasteiger partial charge is 0.416 e. The van der Waals surface area contributed by atoms with Crippen molar-refractivity contribution in [2.45, 2.75) is 0 Å². The van der Waals surface area contributed by atoms with Crippen LogP contribution in [-0.2, 0) is 4.79 Å². The van der Waals surface area contributed by atoms with Gasteiger partial charge in [0.25, 0.3) is 11.4 Å². The van der Waals surface area contributed by atoms with E-state index in [4.69, 9.17) is 4.74 Å². The van der Waals surface area contributed by atoms with Gasteiger partial charge in [0, 0.05) is 24.3 Å². The summed E-state index contributed by atoms with van der Waals surface area (Å²) in [6, 6.07) is 7.89. The van der Waals surface area contributed by atoms with Crippen molar-refractivity contribution < 1.29 is 24.3 Å². The third-order valence-electron chi connectivity index (χ3n) is 3.08. The molecule has 0 saturated heterocycles. The van der Waals surface area contributed by atoms with Crippen molar-refractivity contribution in [1.29, 1.82) is 0 Å². The van der Waals surface area contributed by atoms with E-state index in [0.717, 1.165) is 18.2 Å². The van der Waals surface area contributed by atoms with E-state index in [1.807, 2.05) is 0 Å². The molecule has 0 aliphatic rings. The molecule has 0 aliphatic carbocycles. The second-order valence-corrected chi connectivity index (χ2v) is 4.77. The number of nitro groups is 3. The highest BCUT2D eigenvalue weighted by atomic mass is 16.6. The number of nitro benzene ring substituents is 3. The number of carbonyl (C=O) groups is 1. The summed E-state index contributed by atoms with van der Waals surface area (Å²) in [6.45, 7) is 0. The van der Waals surface area contributed by atoms with Crippen LogP contribution in [0.15, 0.2) is 48.5 Å². The molecule has 26 heavy (non-hydrogen) atoms. The van der Waals surface area contributed by atoms with Gasteiger partial charge in [0.05, 0.1) is 20.8 Å². The van der Waals surface area contributed by atoms with Crippen LogP contribution in [0.2, 0.25) is 0 Å². The Bertz CT molecular complexity index is 921. The lowest BCUT2D eigenvalue weighted by Gasteiger charge is -2.02. The van der Waals surface area contributed by atoms with Crippen molar-refractivity contribution in [2.75, 3.05) is 0 Å². The number of non-ortho nitro benzene ring substituents is 2. The Kier molecular flexibility index (Phi) is 5.33. The van der Waals surface area contributed by atoms with Gasteiger partial charge >= 0.3 is 11.7 Å². The fraction of sp³-hybridized carbons (Fsp3) is 0. The summed E-state index contributed by atoms with van der Waals surface area (Å²) in [5, 5.41) is 32.2. The first-order valence-electron chi connectivity index (χ1n) is 6.85. The van der Waals surface area contributed by atoms with Crippen LogP contribution >= 0.6 is 0 Å². The van der Waals surface area contributed by atoms with Crippen molar-refractivity contribution in [3.05, 3.63) is 84.4 Å². The van der Waals surface area contributed by atoms with Crippen LogP contribution in [0.1, 0.15) is 5.56 Å². The lowest BCUT2D eigenvalue weighted by Crippen LogP contribution is -2.06. The smallest absolute Gasteiger partial charge is 0.336 e. The zero-order valence-corrected chi connectivity index (χ0v) is 12.8. The normalized spacial score (nSPS) is 10.5. The SMILES string of the molecule is O=C(/C=C/c1ccc([N+](=O)[O-])cc1)Oc1ccc([N+](=O)[O-])cc1[N+](=O)[O-]. The molecule has 0 bridgehead atoms. The third kappa shape index (κ3) is 4.44. The maximum Gasteiger partial charge on any atom is 0.336 e. The molecule has 11 heteroatoms. The van der Waals surface area contributed by atoms with Gasteiger partial charge in [-0.15, -0.1) is 0 Å². The van der Waals surface area contributed by atoms with Crippen molar-refractivity contribution >= 4 is 29.1 Å². The number of hydrogen-bond acceptors (Lipinski definition) is 8. The van der Waals surface area contributed by atoms with Crippen LogP contribution in [0.25, 0.3) is 6.08 Å². The molecule has 11 nitrogen and oxygen atoms in total. The van der Waals surface area contributed by atoms with Gasteiger partial charge in [-0.3, -0.25) is 30.3 Å². The first-order valence-corrected chi connectivity index (χ1v) is 6.85. The monoisotopic (exact) mass is 359 g/mol. The Hall–Kier alpha value is -4.15. The van der Waals surface area contributed by atoms with Gasteiger partial charge < -0.3 is 4.74 Å². The number of ether oxygens (including phenoxy) is 1. The fourth-order valence-corrected chi connectivity index (χ4v) is 1.86. The minimum atomic E-state index is -0.958. The minimum Gasteiger partial charge on any atom is -0.416 e. The van der Waals surface area contributed by atoms with E-state index in [1.165, 1.54) is 30.3 Å². The molecule has 0 heterocycles. The topological polar surface area (TPSA) is 156 Å². The molecule has 0 N–H and O–H groups in total. The van der Waals surface area contributed by atoms with Gasteiger partial charge in [0.15, 0.2) is 0 Å². The third-order valence-corrected chi connectivity index (χ3v) is 3.08. The predicted molar refractivity (Wildman–Crippen MR) is 87.5 cm³/mol. The molecule has 0 radical (unpaired) electrons. The lowest BCUT2D eigenvalue weighted by atomic mass is 10.2. The van der Waals surface area contributed by atoms with E-state index < -0.39 is 37.9 Å². The Morgan fingerprint density at radius 1 is 0.846 bits per heavy atom. The standard InChI is InChI=1S/C15H9N3O8/c19-15(8-3-10-1-4-11(5-2-10)16(20)21)26-14-7-6-12(17(22)23)9-13(14)18(24)25/h1-9H/b8-3+. The van der Waals surface area contributed by atoms with E-state index in [-0.39, 0.29) is 5.69 Å². The molecule has 0 spiro atoms. The van der Waals surface area contributed by atoms with Gasteiger partial charge in [-0.1, -0.05) is 0 Å². The number of esters is 1. The van der Waals surface area contributed by atoms with Gasteiger partial charge in [-0.2, -0.15) is 0 Å². The van der Waals surface area contributed by atoms with E-state index in [9.17, 15) is 35.1 Å². The first kappa shape index (κ1) is 18.2. The zero-order valence-electron chi connectivity index (χ0n) is 12.8. The second kappa shape index (κ2) is 7.61. The molecule has 0 amide bonds. The number of hydrogen-bond donors (Lipinski definition) is 0. The van der Waals surface area contributed by atoms with E-state index in [0.29, 0.717) is 11.6 Å². The van der Waals surface area contributed by atoms with Gasteiger partial charge in [-0.25, -0.2) is 4.79 Å². The van der Waals surface area contributed by atoms with Crippen LogP contribution in [0.4, 0.5) is 17.1 Å². The highest BCUT2D eigenvalue weighted by Gasteiger charge is 2.22. The Labute approximate surface area is 144 Å². The van der Waals surface area contributed by atoms with E-state index in [2.05, 4.69) is 0 Å². The number of rotatable bonds is 6. The Balaban J connectivity index is 2.15. The highest BCUT2D eigenvalue weighted by molar-refractivity contribution is 5.89. The average Bonchev–Trinajstić information content (AvgIpc) is 2.60. The highest BCUT2D eigenvalue weighted by Crippen LogP contribution is 2.31. The van der Waals surface area contributed by atoms with Crippen molar-refractivity contribution in [3.8, 4) is 5.75 Å². The average molecular weight is 359 g/mol. The quantitative estimate of drug-likeness (QED) is 0.250. The fourth-order valence-electron chi connectivity index (χ4n) is 1.86. The maximum atomic E-state index is 11.8. The summed E-state index contributed by atoms with van der Waals surface area (Å²) >= 11 is 0. The molecule has 2 rings (SSSR count). The second-order valence-electron chi connectivity index (χ2n) is 4.77. The molecule has 2 aromatic carbocycles. The number of carbonyl (C=O) groups excluding carboxylic acids is 1. The van der Waals surface area contributed by atoms with Crippen molar-refractivity contribution in [1.82, 2.24) is 0 Å². The first-order chi connectivity index (χ1) is 12.3. The van der Waals surface area contributed by atoms with Crippen LogP contribution in [0, 0.1) is 30.3 Å². The molecule has 0 aromatic heterocycles. The van der Waals surface area contributed by atoms with Crippen LogP contribution in [0.3, 0.4) is 0 Å². The maximum absolute atomic E-state index is 11.8. The van der Waals surface area contributed by atoms with E-state index >= 15 is 0 Å². The summed E-state index contributed by atoms with van der Waals surface area (Å²) in [7, 11) is 0. The number of benzene rings is 2. The summed E-state index contributed by atoms with van der Waals surface area (Å²) in [4.78, 5) is 41.7. The Morgan fingerprint density at radius 3 is 1.96 bits per heavy atom. The summed E-state index contributed by atoms with van der Waals surface area (Å²) < 4.78 is 4.83. The predicted octanol–water partition coefficient (Wildman–Crippen LogP) is 3.03. The van der Waals surface area contributed by atoms with Crippen LogP contribution in [-0.4, -0.2) is 20.7 Å². The van der Waals surface area contributed by atoms with E-state index in [1.54, 1.807) is 0 Å². The summed E-state index contributed by atoms with van der Waals surface area (Å²) in [5.74, 6) is -1.40. The molecule has 0 atom stereocenters. The minimum absolute atomic E-state index is 0.119. The van der Waals surface area contributed by atoms with Crippen LogP contribution < -0.4 is 4.74 Å². The molecule has 0 aliphatic heterocycles. The summed E-state index contributed by atoms with van der Waals surface area (Å²) in [5.41, 5.74) is -0.897. The van der Waals surface area contributed by atoms with Crippen molar-refractivity contribution in [3.63, 3.8) is 0 Å². The molecular weight excluding hydrogens is 350 g/mol. The molecule has 0 fully saturated rings. The molecule has 0 saturated carbocycles. The van der Waals surface area contributed by atoms with Gasteiger partial charge in [0.2, 0.25) is 5.75 Å². The molecule has 0 unspecified atom stereocenters. The van der Waals surface area contributed by atoms with Crippen LogP contribution in [0.5, 0.6) is 5.75 Å². The van der Waals surface area contributed by atoms with Gasteiger partial charge in [0.1, 0.15) is 0 Å². The Morgan fingerprint density at radius 2 is 1.42 bits per heavy atom. The molecular formula is C15H9N3O8. The van der Waals surface area contributed by atoms with Crippen molar-refractivity contribution in [2.24, 2.45) is 0 Å². The summed E-state index contributed by atoms with van der Waals surface area (Å²) in [6.07, 6.45) is 2.26.